The van der Waals surface area contributed by atoms with Crippen LogP contribution in [0.5, 0.6) is 0 Å². The summed E-state index contributed by atoms with van der Waals surface area (Å²) in [5.74, 6) is 0. The Morgan fingerprint density at radius 2 is 1.00 bits per heavy atom. The molecule has 0 atom stereocenters. The van der Waals surface area contributed by atoms with Crippen LogP contribution in [0.4, 0.5) is 17.1 Å². The third-order valence-corrected chi connectivity index (χ3v) is 7.52. The van der Waals surface area contributed by atoms with Gasteiger partial charge in [0.05, 0.1) is 39.8 Å². The number of rotatable bonds is 5. The highest BCUT2D eigenvalue weighted by molar-refractivity contribution is 6.23. The molecule has 0 unspecified atom stereocenters. The first-order valence-corrected chi connectivity index (χ1v) is 14.2. The number of benzene rings is 8. The van der Waals surface area contributed by atoms with Crippen LogP contribution in [-0.4, -0.2) is 0 Å². The highest BCUT2D eigenvalue weighted by atomic mass is 16.3. The van der Waals surface area contributed by atoms with Crippen LogP contribution in [0.3, 0.4) is 0 Å². The maximum absolute atomic E-state index is 10.0. The van der Waals surface area contributed by atoms with Crippen LogP contribution in [0.2, 0.25) is 0 Å². The quantitative estimate of drug-likeness (QED) is 0.185. The topological polar surface area (TPSA) is 29.5 Å². The zero-order valence-electron chi connectivity index (χ0n) is 53.3. The Morgan fingerprint density at radius 3 is 1.82 bits per heavy atom. The minimum absolute atomic E-state index is 0.404. The Kier molecular flexibility index (Phi) is 2.53. The summed E-state index contributed by atoms with van der Waals surface area (Å²) in [7, 11) is 0. The molecule has 0 aliphatic heterocycles. The van der Waals surface area contributed by atoms with E-state index in [-0.39, 0.29) is 0 Å². The number of para-hydroxylation sites is 1. The van der Waals surface area contributed by atoms with Crippen LogP contribution in [0, 0.1) is 0 Å². The van der Waals surface area contributed by atoms with Gasteiger partial charge in [-0.2, -0.15) is 0 Å². The minimum Gasteiger partial charge on any atom is -0.456 e. The summed E-state index contributed by atoms with van der Waals surface area (Å²) in [6.45, 7) is 0. The van der Waals surface area contributed by atoms with E-state index >= 15 is 0 Å². The molecule has 3 heteroatoms. The molecule has 0 fully saturated rings. The molecule has 2 aromatic heterocycles. The van der Waals surface area contributed by atoms with Crippen LogP contribution in [0.25, 0.3) is 76.9 Å². The molecule has 0 radical (unpaired) electrons. The second-order valence-electron chi connectivity index (χ2n) is 10.3. The van der Waals surface area contributed by atoms with Gasteiger partial charge < -0.3 is 13.7 Å². The van der Waals surface area contributed by atoms with Crippen molar-refractivity contribution in [3.63, 3.8) is 0 Å². The minimum atomic E-state index is -1.23. The summed E-state index contributed by atoms with van der Waals surface area (Å²) < 4.78 is 271. The van der Waals surface area contributed by atoms with E-state index in [2.05, 4.69) is 0 Å². The Morgan fingerprint density at radius 1 is 0.388 bits per heavy atom. The second-order valence-corrected chi connectivity index (χ2v) is 10.3. The predicted molar refractivity (Wildman–Crippen MR) is 204 cm³/mol. The molecule has 49 heavy (non-hydrogen) atoms. The SMILES string of the molecule is [2H]c1c([2H])c([2H])c(-c2c([2H])c([2H])c(N(c3c([2H])c([2H])c4c([2H])c([2H])c([2H])c([2H])c4c3[2H])c3c([2H])c([2H])c4oc5c(-c6c([2H])c([2H])c([2H])c([2H])c6[2H])c6c(oc7c([2H])c([2H])c([2H])c([2H])c76)c([2H])c5c4c3[2H])c([2H])c2[2H])c([2H])c1[2H]. The molecule has 0 amide bonds. The molecule has 0 aliphatic carbocycles. The molecule has 2 heterocycles. The van der Waals surface area contributed by atoms with Gasteiger partial charge in [-0.25, -0.2) is 0 Å². The van der Waals surface area contributed by atoms with E-state index in [1.807, 2.05) is 0 Å². The van der Waals surface area contributed by atoms with Crippen LogP contribution < -0.4 is 4.90 Å². The highest BCUT2D eigenvalue weighted by Gasteiger charge is 2.22. The highest BCUT2D eigenvalue weighted by Crippen LogP contribution is 2.46. The van der Waals surface area contributed by atoms with E-state index < -0.39 is 269 Å². The Bertz CT molecular complexity index is 4420. The lowest BCUT2D eigenvalue weighted by atomic mass is 9.96. The lowest BCUT2D eigenvalue weighted by Gasteiger charge is -2.26. The summed E-state index contributed by atoms with van der Waals surface area (Å²) >= 11 is 0. The lowest BCUT2D eigenvalue weighted by Crippen LogP contribution is -2.09. The molecule has 3 nitrogen and oxygen atoms in total. The number of hydrogen-bond acceptors (Lipinski definition) is 3. The molecular weight excluding hydrogens is 599 g/mol. The number of hydrogen-bond donors (Lipinski definition) is 0. The van der Waals surface area contributed by atoms with Crippen molar-refractivity contribution in [1.29, 1.82) is 0 Å². The zero-order chi connectivity index (χ0) is 57.5. The van der Waals surface area contributed by atoms with Gasteiger partial charge in [-0.3, -0.25) is 0 Å². The predicted octanol–water partition coefficient (Wildman–Crippen LogP) is 13.4. The van der Waals surface area contributed by atoms with Crippen molar-refractivity contribution < 1.29 is 48.6 Å². The van der Waals surface area contributed by atoms with E-state index in [0.29, 0.717) is 4.90 Å². The van der Waals surface area contributed by atoms with Gasteiger partial charge in [0.25, 0.3) is 0 Å². The molecule has 0 aliphatic rings. The fraction of sp³-hybridized carbons (Fsp3) is 0. The van der Waals surface area contributed by atoms with Crippen molar-refractivity contribution >= 4 is 71.7 Å². The van der Waals surface area contributed by atoms with Crippen LogP contribution in [-0.2, 0) is 0 Å². The summed E-state index contributed by atoms with van der Waals surface area (Å²) in [5.41, 5.74) is -8.88. The average Bonchev–Trinajstić information content (AvgIpc) is 4.22. The molecule has 8 aromatic carbocycles. The van der Waals surface area contributed by atoms with Crippen LogP contribution >= 0.6 is 0 Å². The van der Waals surface area contributed by atoms with Gasteiger partial charge in [0.15, 0.2) is 0 Å². The summed E-state index contributed by atoms with van der Waals surface area (Å²) in [6, 6.07) is -28.2. The van der Waals surface area contributed by atoms with Crippen LogP contribution in [0.15, 0.2) is 184 Å². The number of anilines is 3. The fourth-order valence-corrected chi connectivity index (χ4v) is 5.43. The van der Waals surface area contributed by atoms with Crippen molar-refractivity contribution in [2.75, 3.05) is 4.90 Å². The molecule has 0 saturated heterocycles. The van der Waals surface area contributed by atoms with E-state index in [1.165, 1.54) is 0 Å². The van der Waals surface area contributed by atoms with Gasteiger partial charge in [-0.1, -0.05) is 121 Å². The molecule has 230 valence electrons. The van der Waals surface area contributed by atoms with Crippen molar-refractivity contribution in [3.8, 4) is 22.3 Å². The normalized spacial score (nSPS) is 20.0. The second kappa shape index (κ2) is 11.0. The van der Waals surface area contributed by atoms with Gasteiger partial charge in [0.2, 0.25) is 0 Å². The lowest BCUT2D eigenvalue weighted by molar-refractivity contribution is 0.664. The van der Waals surface area contributed by atoms with E-state index in [0.717, 1.165) is 0 Å². The first kappa shape index (κ1) is 11.3. The first-order valence-electron chi connectivity index (χ1n) is 28.7. The molecule has 0 N–H and O–H groups in total. The molecule has 0 bridgehead atoms. The third kappa shape index (κ3) is 4.51. The monoisotopic (exact) mass is 656 g/mol. The number of fused-ring (bicyclic) bond motifs is 7. The van der Waals surface area contributed by atoms with E-state index in [4.69, 9.17) is 34.9 Å². The summed E-state index contributed by atoms with van der Waals surface area (Å²) in [6.07, 6.45) is 0. The van der Waals surface area contributed by atoms with Crippen molar-refractivity contribution in [1.82, 2.24) is 0 Å². The summed E-state index contributed by atoms with van der Waals surface area (Å²) in [4.78, 5) is 0.404. The van der Waals surface area contributed by atoms with Gasteiger partial charge in [0.1, 0.15) is 22.3 Å². The van der Waals surface area contributed by atoms with Crippen molar-refractivity contribution in [3.05, 3.63) is 175 Å². The third-order valence-electron chi connectivity index (χ3n) is 7.52. The maximum atomic E-state index is 10.0. The summed E-state index contributed by atoms with van der Waals surface area (Å²) in [5, 5.41) is -3.69. The van der Waals surface area contributed by atoms with Gasteiger partial charge in [-0.05, 0) is 81.8 Å². The largest absolute Gasteiger partial charge is 0.456 e. The first-order chi connectivity index (χ1) is 36.4. The van der Waals surface area contributed by atoms with Crippen LogP contribution in [0.1, 0.15) is 39.8 Å². The Balaban J connectivity index is 1.46. The van der Waals surface area contributed by atoms with E-state index in [9.17, 15) is 13.7 Å². The van der Waals surface area contributed by atoms with E-state index in [1.54, 1.807) is 0 Å². The Hall–Kier alpha value is -6.58. The smallest absolute Gasteiger partial charge is 0.144 e. The van der Waals surface area contributed by atoms with Gasteiger partial charge in [-0.15, -0.1) is 0 Å². The zero-order valence-corrected chi connectivity index (χ0v) is 24.3. The molecule has 10 rings (SSSR count). The maximum Gasteiger partial charge on any atom is 0.144 e. The fourth-order valence-electron chi connectivity index (χ4n) is 5.43. The molecule has 10 aromatic rings. The standard InChI is InChI=1S/C46H29NO2/c1-3-11-30(12-4-1)32-19-22-35(23-20-32)47(36-24-21-31-13-7-8-16-34(31)27-36)37-25-26-42-39(28-37)40-29-43-45(38-17-9-10-18-41(38)48-43)44(46(40)49-42)33-14-5-2-6-15-33/h1-29H/i1D,2D,3D,4D,5D,6D,7D,8D,9D,10D,11D,12D,13D,14D,15D,16D,17D,18D,19D,20D,21D,22D,23D,24D,25D,26D,27D,28D,29D. The van der Waals surface area contributed by atoms with Crippen molar-refractivity contribution in [2.24, 2.45) is 0 Å². The Labute approximate surface area is 323 Å². The van der Waals surface area contributed by atoms with Gasteiger partial charge >= 0.3 is 0 Å². The molecular formula is C46H29NO2. The number of nitrogens with zero attached hydrogens (tertiary/aromatic N) is 1. The van der Waals surface area contributed by atoms with Gasteiger partial charge in [0, 0.05) is 44.2 Å². The van der Waals surface area contributed by atoms with Crippen molar-refractivity contribution in [2.45, 2.75) is 0 Å². The molecule has 0 spiro atoms. The number of furan rings is 2. The average molecular weight is 657 g/mol. The molecule has 0 saturated carbocycles.